The number of aliphatic hydroxyl groups excluding tert-OH is 2. The van der Waals surface area contributed by atoms with Gasteiger partial charge in [-0.25, -0.2) is 0 Å². The number of benzene rings is 1. The van der Waals surface area contributed by atoms with Gasteiger partial charge in [0.25, 0.3) is 11.4 Å². The van der Waals surface area contributed by atoms with E-state index in [1.165, 1.54) is 25.7 Å². The fraction of sp³-hybridized carbons (Fsp3) is 0.647. The highest BCUT2D eigenvalue weighted by atomic mass is 16.6. The molecule has 2 atom stereocenters. The van der Waals surface area contributed by atoms with E-state index in [4.69, 9.17) is 15.3 Å². The molecule has 2 aliphatic rings. The third-order valence-electron chi connectivity index (χ3n) is 5.47. The van der Waals surface area contributed by atoms with Crippen LogP contribution >= 0.6 is 0 Å². The summed E-state index contributed by atoms with van der Waals surface area (Å²) in [5.41, 5.74) is -3.00. The Morgan fingerprint density at radius 1 is 0.867 bits per heavy atom. The number of non-ortho nitro benzene ring substituents is 1. The number of nitro groups is 3. The number of hydrogen-bond donors (Lipinski definition) is 3. The molecule has 1 aromatic rings. The van der Waals surface area contributed by atoms with Crippen LogP contribution in [0.4, 0.5) is 17.1 Å². The molecule has 0 radical (unpaired) electrons. The van der Waals surface area contributed by atoms with Crippen LogP contribution in [-0.4, -0.2) is 67.3 Å². The number of phenolic OH excluding ortho intramolecular Hbond substituents is 1. The molecule has 0 amide bonds. The van der Waals surface area contributed by atoms with Crippen molar-refractivity contribution >= 4 is 17.1 Å². The largest absolute Gasteiger partial charge is 0.497 e. The zero-order chi connectivity index (χ0) is 22.4. The lowest BCUT2D eigenvalue weighted by Gasteiger charge is -2.20. The summed E-state index contributed by atoms with van der Waals surface area (Å²) in [6.45, 7) is 1.91. The van der Waals surface area contributed by atoms with Gasteiger partial charge in [-0.15, -0.1) is 0 Å². The van der Waals surface area contributed by atoms with E-state index < -0.39 is 37.6 Å². The van der Waals surface area contributed by atoms with Gasteiger partial charge in [0.15, 0.2) is 0 Å². The van der Waals surface area contributed by atoms with Crippen molar-refractivity contribution in [2.75, 3.05) is 26.3 Å². The highest BCUT2D eigenvalue weighted by Crippen LogP contribution is 2.52. The van der Waals surface area contributed by atoms with Gasteiger partial charge in [-0.1, -0.05) is 12.8 Å². The number of fused-ring (bicyclic) bond motifs is 1. The van der Waals surface area contributed by atoms with Gasteiger partial charge >= 0.3 is 11.4 Å². The first-order chi connectivity index (χ1) is 14.2. The summed E-state index contributed by atoms with van der Waals surface area (Å²) in [5, 5.41) is 58.1. The molecular weight excluding hydrogens is 404 g/mol. The number of rotatable bonds is 8. The Kier molecular flexibility index (Phi) is 7.97. The van der Waals surface area contributed by atoms with Gasteiger partial charge in [-0.3, -0.25) is 35.2 Å². The van der Waals surface area contributed by atoms with Crippen LogP contribution in [0.3, 0.4) is 0 Å². The summed E-state index contributed by atoms with van der Waals surface area (Å²) in [5.74, 6) is 0.546. The lowest BCUT2D eigenvalue weighted by atomic mass is 10.0. The summed E-state index contributed by atoms with van der Waals surface area (Å²) in [4.78, 5) is 30.0. The molecule has 166 valence electrons. The standard InChI is InChI=1S/C11H21NO2.C6H3N3O7/c13-7-5-12(6-8-14)11-9-3-1-2-4-10(9)11;10-6-4(8(13)14)1-3(7(11)12)2-5(6)9(15)16/h9-11,13-14H,1-8H2;1-2,10H. The predicted octanol–water partition coefficient (Wildman–Crippen LogP) is 1.58. The number of aromatic hydroxyl groups is 1. The molecule has 0 heterocycles. The minimum absolute atomic E-state index is 0.218. The van der Waals surface area contributed by atoms with E-state index in [1.807, 2.05) is 0 Å². The maximum atomic E-state index is 10.4. The van der Waals surface area contributed by atoms with Crippen LogP contribution in [0.25, 0.3) is 0 Å². The van der Waals surface area contributed by atoms with Crippen LogP contribution in [0, 0.1) is 42.2 Å². The van der Waals surface area contributed by atoms with E-state index >= 15 is 0 Å². The SMILES string of the molecule is O=[N+]([O-])c1cc([N+](=O)[O-])c(O)c([N+](=O)[O-])c1.OCCN(CCO)C1C2CCCCC21. The maximum Gasteiger partial charge on any atom is 0.324 e. The normalized spacial score (nSPS) is 21.9. The summed E-state index contributed by atoms with van der Waals surface area (Å²) < 4.78 is 0. The summed E-state index contributed by atoms with van der Waals surface area (Å²) in [7, 11) is 0. The van der Waals surface area contributed by atoms with Crippen molar-refractivity contribution in [3.8, 4) is 5.75 Å². The van der Waals surface area contributed by atoms with Crippen LogP contribution < -0.4 is 0 Å². The van der Waals surface area contributed by atoms with Crippen LogP contribution in [0.15, 0.2) is 12.1 Å². The smallest absolute Gasteiger partial charge is 0.324 e. The van der Waals surface area contributed by atoms with E-state index in [0.29, 0.717) is 18.2 Å². The second-order valence-corrected chi connectivity index (χ2v) is 7.19. The highest BCUT2D eigenvalue weighted by molar-refractivity contribution is 5.64. The lowest BCUT2D eigenvalue weighted by Crippen LogP contribution is -2.33. The Labute approximate surface area is 171 Å². The minimum atomic E-state index is -1.21. The van der Waals surface area contributed by atoms with Gasteiger partial charge < -0.3 is 15.3 Å². The molecule has 13 heteroatoms. The molecule has 2 fully saturated rings. The second-order valence-electron chi connectivity index (χ2n) is 7.19. The van der Waals surface area contributed by atoms with E-state index in [0.717, 1.165) is 24.9 Å². The Morgan fingerprint density at radius 2 is 1.30 bits per heavy atom. The Morgan fingerprint density at radius 3 is 1.63 bits per heavy atom. The molecule has 0 aromatic heterocycles. The van der Waals surface area contributed by atoms with E-state index in [-0.39, 0.29) is 13.2 Å². The molecule has 2 unspecified atom stereocenters. The number of nitrogens with zero attached hydrogens (tertiary/aromatic N) is 4. The molecule has 0 saturated heterocycles. The molecular formula is C17H24N4O9. The van der Waals surface area contributed by atoms with Crippen LogP contribution in [0.5, 0.6) is 5.75 Å². The fourth-order valence-corrected chi connectivity index (χ4v) is 4.14. The van der Waals surface area contributed by atoms with Crippen LogP contribution in [-0.2, 0) is 0 Å². The van der Waals surface area contributed by atoms with Crippen molar-refractivity contribution in [1.29, 1.82) is 0 Å². The first kappa shape index (κ1) is 23.4. The Bertz CT molecular complexity index is 750. The average molecular weight is 428 g/mol. The molecule has 0 spiro atoms. The molecule has 30 heavy (non-hydrogen) atoms. The predicted molar refractivity (Wildman–Crippen MR) is 103 cm³/mol. The van der Waals surface area contributed by atoms with Crippen LogP contribution in [0.2, 0.25) is 0 Å². The lowest BCUT2D eigenvalue weighted by molar-refractivity contribution is -0.404. The first-order valence-electron chi connectivity index (χ1n) is 9.48. The molecule has 0 bridgehead atoms. The molecule has 1 aromatic carbocycles. The van der Waals surface area contributed by atoms with Crippen molar-refractivity contribution in [1.82, 2.24) is 4.90 Å². The maximum absolute atomic E-state index is 10.4. The van der Waals surface area contributed by atoms with E-state index in [1.54, 1.807) is 0 Å². The van der Waals surface area contributed by atoms with E-state index in [9.17, 15) is 30.3 Å². The molecule has 0 aliphatic heterocycles. The molecule has 2 aliphatic carbocycles. The average Bonchev–Trinajstić information content (AvgIpc) is 3.42. The zero-order valence-corrected chi connectivity index (χ0v) is 16.1. The van der Waals surface area contributed by atoms with Crippen molar-refractivity contribution in [3.05, 3.63) is 42.5 Å². The van der Waals surface area contributed by atoms with Crippen molar-refractivity contribution in [2.45, 2.75) is 31.7 Å². The first-order valence-corrected chi connectivity index (χ1v) is 9.48. The van der Waals surface area contributed by atoms with Gasteiger partial charge in [0, 0.05) is 19.1 Å². The van der Waals surface area contributed by atoms with Crippen molar-refractivity contribution in [3.63, 3.8) is 0 Å². The monoisotopic (exact) mass is 428 g/mol. The number of nitro benzene ring substituents is 3. The Balaban J connectivity index is 0.000000215. The fourth-order valence-electron chi connectivity index (χ4n) is 4.14. The van der Waals surface area contributed by atoms with Gasteiger partial charge in [-0.05, 0) is 24.7 Å². The zero-order valence-electron chi connectivity index (χ0n) is 16.1. The number of phenols is 1. The van der Waals surface area contributed by atoms with Gasteiger partial charge in [0.2, 0.25) is 0 Å². The molecule has 2 saturated carbocycles. The molecule has 13 nitrogen and oxygen atoms in total. The quantitative estimate of drug-likeness (QED) is 0.404. The third-order valence-corrected chi connectivity index (χ3v) is 5.47. The summed E-state index contributed by atoms with van der Waals surface area (Å²) in [6.07, 6.45) is 5.49. The second kappa shape index (κ2) is 10.2. The van der Waals surface area contributed by atoms with Crippen molar-refractivity contribution < 1.29 is 30.1 Å². The summed E-state index contributed by atoms with van der Waals surface area (Å²) in [6, 6.07) is 1.57. The Hall–Kier alpha value is -2.90. The van der Waals surface area contributed by atoms with Crippen LogP contribution in [0.1, 0.15) is 25.7 Å². The van der Waals surface area contributed by atoms with Crippen molar-refractivity contribution in [2.24, 2.45) is 11.8 Å². The number of hydrogen-bond acceptors (Lipinski definition) is 10. The molecule has 3 rings (SSSR count). The van der Waals surface area contributed by atoms with Gasteiger partial charge in [0.1, 0.15) is 0 Å². The topological polar surface area (TPSA) is 193 Å². The third kappa shape index (κ3) is 5.37. The highest BCUT2D eigenvalue weighted by Gasteiger charge is 2.52. The number of aliphatic hydroxyl groups is 2. The summed E-state index contributed by atoms with van der Waals surface area (Å²) >= 11 is 0. The van der Waals surface area contributed by atoms with E-state index in [2.05, 4.69) is 4.90 Å². The van der Waals surface area contributed by atoms with Gasteiger partial charge in [0.05, 0.1) is 40.1 Å². The molecule has 3 N–H and O–H groups in total. The minimum Gasteiger partial charge on any atom is -0.497 e. The van der Waals surface area contributed by atoms with Gasteiger partial charge in [-0.2, -0.15) is 0 Å².